The summed E-state index contributed by atoms with van der Waals surface area (Å²) >= 11 is 0. The quantitative estimate of drug-likeness (QED) is 0.832. The van der Waals surface area contributed by atoms with Crippen LogP contribution in [0.1, 0.15) is 24.1 Å². The van der Waals surface area contributed by atoms with Crippen molar-refractivity contribution in [1.29, 1.82) is 0 Å². The van der Waals surface area contributed by atoms with Crippen molar-refractivity contribution in [3.05, 3.63) is 65.7 Å². The highest BCUT2D eigenvalue weighted by atomic mass is 16.6. The molecule has 3 rings (SSSR count). The van der Waals surface area contributed by atoms with E-state index in [1.54, 1.807) is 11.8 Å². The van der Waals surface area contributed by atoms with Crippen LogP contribution in [-0.4, -0.2) is 49.7 Å². The zero-order chi connectivity index (χ0) is 19.9. The molecule has 0 saturated carbocycles. The second-order valence-electron chi connectivity index (χ2n) is 7.04. The van der Waals surface area contributed by atoms with Crippen molar-refractivity contribution in [1.82, 2.24) is 4.90 Å². The summed E-state index contributed by atoms with van der Waals surface area (Å²) in [4.78, 5) is 28.0. The molecule has 2 aromatic carbocycles. The maximum absolute atomic E-state index is 13.2. The van der Waals surface area contributed by atoms with Gasteiger partial charge in [-0.2, -0.15) is 0 Å². The van der Waals surface area contributed by atoms with E-state index in [-0.39, 0.29) is 18.0 Å². The summed E-state index contributed by atoms with van der Waals surface area (Å²) in [6.45, 7) is 6.74. The Hall–Kier alpha value is -2.86. The standard InChI is InChI=1S/C22H27N3O3/c1-3-28-22(27)25-15-13-24(14-16-25)20(18-7-5-4-6-8-18)21(26)23-19-11-9-17(2)10-12-19/h4-12,20H,3,13-16H2,1-2H3,(H,23,26)/p+1/t20-/m1/s1. The molecule has 6 heteroatoms. The van der Waals surface area contributed by atoms with Crippen LogP contribution in [-0.2, 0) is 9.53 Å². The molecule has 1 aliphatic rings. The number of carbonyl (C=O) groups excluding carboxylic acids is 2. The number of nitrogens with one attached hydrogen (secondary N) is 2. The number of amides is 2. The van der Waals surface area contributed by atoms with Crippen LogP contribution in [0.5, 0.6) is 0 Å². The SMILES string of the molecule is CCOC(=O)N1CC[NH+]([C@@H](C(=O)Nc2ccc(C)cc2)c2ccccc2)CC1. The Balaban J connectivity index is 1.74. The first kappa shape index (κ1) is 19.9. The molecule has 2 N–H and O–H groups in total. The van der Waals surface area contributed by atoms with Crippen molar-refractivity contribution in [3.63, 3.8) is 0 Å². The number of anilines is 1. The molecule has 0 aromatic heterocycles. The second kappa shape index (κ2) is 9.37. The van der Waals surface area contributed by atoms with Crippen LogP contribution in [0, 0.1) is 6.92 Å². The maximum Gasteiger partial charge on any atom is 0.410 e. The monoisotopic (exact) mass is 382 g/mol. The van der Waals surface area contributed by atoms with Crippen molar-refractivity contribution in [2.45, 2.75) is 19.9 Å². The molecule has 1 heterocycles. The molecular formula is C22H28N3O3+. The first-order valence-electron chi connectivity index (χ1n) is 9.77. The summed E-state index contributed by atoms with van der Waals surface area (Å²) in [6, 6.07) is 17.3. The normalized spacial score (nSPS) is 15.7. The summed E-state index contributed by atoms with van der Waals surface area (Å²) < 4.78 is 5.10. The molecule has 1 fully saturated rings. The minimum Gasteiger partial charge on any atom is -0.450 e. The molecule has 28 heavy (non-hydrogen) atoms. The van der Waals surface area contributed by atoms with E-state index < -0.39 is 0 Å². The molecule has 148 valence electrons. The van der Waals surface area contributed by atoms with Gasteiger partial charge in [-0.25, -0.2) is 4.79 Å². The number of rotatable bonds is 5. The fraction of sp³-hybridized carbons (Fsp3) is 0.364. The third-order valence-electron chi connectivity index (χ3n) is 5.05. The summed E-state index contributed by atoms with van der Waals surface area (Å²) in [6.07, 6.45) is -0.276. The van der Waals surface area contributed by atoms with Gasteiger partial charge in [-0.05, 0) is 26.0 Å². The Labute approximate surface area is 166 Å². The number of quaternary nitrogens is 1. The number of nitrogens with zero attached hydrogens (tertiary/aromatic N) is 1. The lowest BCUT2D eigenvalue weighted by molar-refractivity contribution is -0.925. The van der Waals surface area contributed by atoms with Crippen LogP contribution >= 0.6 is 0 Å². The lowest BCUT2D eigenvalue weighted by Gasteiger charge is -2.35. The van der Waals surface area contributed by atoms with Gasteiger partial charge in [0.15, 0.2) is 6.04 Å². The highest BCUT2D eigenvalue weighted by molar-refractivity contribution is 5.94. The van der Waals surface area contributed by atoms with Crippen molar-refractivity contribution >= 4 is 17.7 Å². The van der Waals surface area contributed by atoms with Crippen molar-refractivity contribution in [2.75, 3.05) is 38.1 Å². The number of benzene rings is 2. The van der Waals surface area contributed by atoms with Crippen LogP contribution in [0.3, 0.4) is 0 Å². The molecule has 1 atom stereocenters. The summed E-state index contributed by atoms with van der Waals surface area (Å²) in [5.74, 6) is -0.0327. The van der Waals surface area contributed by atoms with Gasteiger partial charge in [0.2, 0.25) is 0 Å². The van der Waals surface area contributed by atoms with Gasteiger partial charge < -0.3 is 15.0 Å². The zero-order valence-electron chi connectivity index (χ0n) is 16.5. The van der Waals surface area contributed by atoms with Crippen LogP contribution < -0.4 is 10.2 Å². The Bertz CT molecular complexity index is 784. The first-order valence-corrected chi connectivity index (χ1v) is 9.77. The van der Waals surface area contributed by atoms with Gasteiger partial charge in [0.1, 0.15) is 0 Å². The predicted octanol–water partition coefficient (Wildman–Crippen LogP) is 2.03. The Morgan fingerprint density at radius 3 is 2.32 bits per heavy atom. The lowest BCUT2D eigenvalue weighted by atomic mass is 10.0. The van der Waals surface area contributed by atoms with E-state index in [9.17, 15) is 9.59 Å². The summed E-state index contributed by atoms with van der Waals surface area (Å²) in [5.41, 5.74) is 2.92. The molecule has 0 aliphatic carbocycles. The molecule has 1 saturated heterocycles. The number of ether oxygens (including phenoxy) is 1. The van der Waals surface area contributed by atoms with Crippen LogP contribution in [0.2, 0.25) is 0 Å². The van der Waals surface area contributed by atoms with Gasteiger partial charge in [0.25, 0.3) is 5.91 Å². The fourth-order valence-electron chi connectivity index (χ4n) is 3.55. The molecule has 0 bridgehead atoms. The average molecular weight is 382 g/mol. The van der Waals surface area contributed by atoms with Crippen molar-refractivity contribution in [3.8, 4) is 0 Å². The minimum atomic E-state index is -0.327. The zero-order valence-corrected chi connectivity index (χ0v) is 16.5. The first-order chi connectivity index (χ1) is 13.6. The van der Waals surface area contributed by atoms with Gasteiger partial charge in [0.05, 0.1) is 32.8 Å². The highest BCUT2D eigenvalue weighted by Gasteiger charge is 2.35. The van der Waals surface area contributed by atoms with E-state index in [2.05, 4.69) is 5.32 Å². The van der Waals surface area contributed by atoms with E-state index in [0.717, 1.165) is 21.7 Å². The van der Waals surface area contributed by atoms with Gasteiger partial charge >= 0.3 is 6.09 Å². The van der Waals surface area contributed by atoms with Gasteiger partial charge in [-0.1, -0.05) is 48.0 Å². The van der Waals surface area contributed by atoms with Crippen molar-refractivity contribution in [2.24, 2.45) is 0 Å². The van der Waals surface area contributed by atoms with E-state index in [1.807, 2.05) is 61.5 Å². The molecule has 0 radical (unpaired) electrons. The smallest absolute Gasteiger partial charge is 0.410 e. The van der Waals surface area contributed by atoms with Gasteiger partial charge in [-0.15, -0.1) is 0 Å². The predicted molar refractivity (Wildman–Crippen MR) is 108 cm³/mol. The molecule has 2 aromatic rings. The molecular weight excluding hydrogens is 354 g/mol. The Kier molecular flexibility index (Phi) is 6.66. The molecule has 6 nitrogen and oxygen atoms in total. The third kappa shape index (κ3) is 4.89. The van der Waals surface area contributed by atoms with E-state index in [1.165, 1.54) is 0 Å². The second-order valence-corrected chi connectivity index (χ2v) is 7.04. The summed E-state index contributed by atoms with van der Waals surface area (Å²) in [7, 11) is 0. The number of aryl methyl sites for hydroxylation is 1. The third-order valence-corrected chi connectivity index (χ3v) is 5.05. The fourth-order valence-corrected chi connectivity index (χ4v) is 3.55. The highest BCUT2D eigenvalue weighted by Crippen LogP contribution is 2.15. The van der Waals surface area contributed by atoms with Crippen LogP contribution in [0.4, 0.5) is 10.5 Å². The molecule has 1 aliphatic heterocycles. The molecule has 2 amide bonds. The molecule has 0 spiro atoms. The topological polar surface area (TPSA) is 63.1 Å². The van der Waals surface area contributed by atoms with Crippen LogP contribution in [0.25, 0.3) is 0 Å². The van der Waals surface area contributed by atoms with E-state index in [4.69, 9.17) is 4.74 Å². The number of hydrogen-bond donors (Lipinski definition) is 2. The van der Waals surface area contributed by atoms with E-state index >= 15 is 0 Å². The minimum absolute atomic E-state index is 0.0327. The number of carbonyl (C=O) groups is 2. The largest absolute Gasteiger partial charge is 0.450 e. The lowest BCUT2D eigenvalue weighted by Crippen LogP contribution is -3.16. The molecule has 0 unspecified atom stereocenters. The van der Waals surface area contributed by atoms with Gasteiger partial charge in [-0.3, -0.25) is 9.69 Å². The Morgan fingerprint density at radius 2 is 1.71 bits per heavy atom. The van der Waals surface area contributed by atoms with Crippen LogP contribution in [0.15, 0.2) is 54.6 Å². The Morgan fingerprint density at radius 1 is 1.07 bits per heavy atom. The van der Waals surface area contributed by atoms with Gasteiger partial charge in [0, 0.05) is 11.3 Å². The summed E-state index contributed by atoms with van der Waals surface area (Å²) in [5, 5.41) is 3.05. The number of hydrogen-bond acceptors (Lipinski definition) is 3. The van der Waals surface area contributed by atoms with E-state index in [0.29, 0.717) is 32.8 Å². The van der Waals surface area contributed by atoms with Crippen molar-refractivity contribution < 1.29 is 19.2 Å². The maximum atomic E-state index is 13.2. The number of piperazine rings is 1. The average Bonchev–Trinajstić information content (AvgIpc) is 2.71.